The van der Waals surface area contributed by atoms with Crippen molar-refractivity contribution in [1.29, 1.82) is 0 Å². The van der Waals surface area contributed by atoms with Crippen LogP contribution in [-0.2, 0) is 6.42 Å². The summed E-state index contributed by atoms with van der Waals surface area (Å²) in [5.41, 5.74) is 5.23. The molecule has 1 saturated carbocycles. The molecule has 0 spiro atoms. The average molecular weight is 161 g/mol. The summed E-state index contributed by atoms with van der Waals surface area (Å²) < 4.78 is 0. The predicted molar refractivity (Wildman–Crippen MR) is 49.2 cm³/mol. The van der Waals surface area contributed by atoms with Crippen molar-refractivity contribution in [1.82, 2.24) is 4.98 Å². The van der Waals surface area contributed by atoms with Crippen molar-refractivity contribution in [2.75, 3.05) is 0 Å². The molecule has 2 aliphatic rings. The third kappa shape index (κ3) is 0.541. The van der Waals surface area contributed by atoms with Crippen molar-refractivity contribution in [2.24, 2.45) is 11.3 Å². The topological polar surface area (TPSA) is 15.8 Å². The standard InChI is InChI=1S/C11H15N/c1-6-5-12-8-4-7-10(9(6)8)11(7,2)3/h5,7,10,12H,4H2,1-3H3/t7-,10-/m1/s1. The zero-order chi connectivity index (χ0) is 8.51. The van der Waals surface area contributed by atoms with Gasteiger partial charge in [0.15, 0.2) is 0 Å². The lowest BCUT2D eigenvalue weighted by Gasteiger charge is -2.07. The van der Waals surface area contributed by atoms with E-state index in [9.17, 15) is 0 Å². The molecule has 0 saturated heterocycles. The monoisotopic (exact) mass is 161 g/mol. The first-order valence-corrected chi connectivity index (χ1v) is 4.79. The van der Waals surface area contributed by atoms with Gasteiger partial charge in [-0.15, -0.1) is 0 Å². The smallest absolute Gasteiger partial charge is 0.0188 e. The molecular formula is C11H15N. The second-order valence-corrected chi connectivity index (χ2v) is 4.97. The third-order valence-electron chi connectivity index (χ3n) is 4.00. The molecule has 2 aliphatic carbocycles. The SMILES string of the molecule is Cc1c[nH]c2c1[C@H]1[C@@H](C2)C1(C)C. The normalized spacial score (nSPS) is 34.6. The van der Waals surface area contributed by atoms with Crippen molar-refractivity contribution in [3.05, 3.63) is 23.0 Å². The van der Waals surface area contributed by atoms with Crippen molar-refractivity contribution >= 4 is 0 Å². The van der Waals surface area contributed by atoms with E-state index in [0.29, 0.717) is 5.41 Å². The van der Waals surface area contributed by atoms with E-state index >= 15 is 0 Å². The molecular weight excluding hydrogens is 146 g/mol. The van der Waals surface area contributed by atoms with Crippen LogP contribution in [0.5, 0.6) is 0 Å². The van der Waals surface area contributed by atoms with Gasteiger partial charge in [-0.3, -0.25) is 0 Å². The Labute approximate surface area is 73.2 Å². The summed E-state index contributed by atoms with van der Waals surface area (Å²) >= 11 is 0. The van der Waals surface area contributed by atoms with Crippen LogP contribution in [-0.4, -0.2) is 4.98 Å². The van der Waals surface area contributed by atoms with E-state index in [-0.39, 0.29) is 0 Å². The van der Waals surface area contributed by atoms with Gasteiger partial charge < -0.3 is 4.98 Å². The number of aromatic nitrogens is 1. The quantitative estimate of drug-likeness (QED) is 0.602. The van der Waals surface area contributed by atoms with E-state index < -0.39 is 0 Å². The fourth-order valence-electron chi connectivity index (χ4n) is 3.11. The molecule has 1 nitrogen and oxygen atoms in total. The van der Waals surface area contributed by atoms with Crippen LogP contribution in [0.15, 0.2) is 6.20 Å². The Morgan fingerprint density at radius 3 is 3.00 bits per heavy atom. The molecule has 12 heavy (non-hydrogen) atoms. The summed E-state index contributed by atoms with van der Waals surface area (Å²) in [6.45, 7) is 7.03. The zero-order valence-corrected chi connectivity index (χ0v) is 7.94. The third-order valence-corrected chi connectivity index (χ3v) is 4.00. The number of nitrogens with one attached hydrogen (secondary N) is 1. The second kappa shape index (κ2) is 1.63. The predicted octanol–water partition coefficient (Wildman–Crippen LogP) is 2.62. The van der Waals surface area contributed by atoms with Crippen molar-refractivity contribution in [3.63, 3.8) is 0 Å². The van der Waals surface area contributed by atoms with Gasteiger partial charge >= 0.3 is 0 Å². The van der Waals surface area contributed by atoms with E-state index in [1.165, 1.54) is 17.7 Å². The lowest BCUT2D eigenvalue weighted by molar-refractivity contribution is 0.537. The van der Waals surface area contributed by atoms with Crippen LogP contribution >= 0.6 is 0 Å². The molecule has 2 atom stereocenters. The number of aromatic amines is 1. The number of hydrogen-bond acceptors (Lipinski definition) is 0. The molecule has 0 radical (unpaired) electrons. The minimum atomic E-state index is 0.597. The molecule has 0 amide bonds. The van der Waals surface area contributed by atoms with Gasteiger partial charge in [0.2, 0.25) is 0 Å². The van der Waals surface area contributed by atoms with Crippen LogP contribution < -0.4 is 0 Å². The summed E-state index contributed by atoms with van der Waals surface area (Å²) in [6.07, 6.45) is 3.45. The van der Waals surface area contributed by atoms with Crippen LogP contribution in [0.1, 0.15) is 36.6 Å². The first kappa shape index (κ1) is 6.76. The van der Waals surface area contributed by atoms with Gasteiger partial charge in [0, 0.05) is 11.9 Å². The van der Waals surface area contributed by atoms with E-state index in [1.807, 2.05) is 0 Å². The molecule has 1 N–H and O–H groups in total. The van der Waals surface area contributed by atoms with Crippen molar-refractivity contribution in [2.45, 2.75) is 33.1 Å². The maximum Gasteiger partial charge on any atom is 0.0188 e. The van der Waals surface area contributed by atoms with E-state index in [0.717, 1.165) is 11.8 Å². The molecule has 1 heterocycles. The first-order valence-electron chi connectivity index (χ1n) is 4.79. The van der Waals surface area contributed by atoms with E-state index in [4.69, 9.17) is 0 Å². The van der Waals surface area contributed by atoms with Gasteiger partial charge in [-0.2, -0.15) is 0 Å². The van der Waals surface area contributed by atoms with Crippen LogP contribution in [0.2, 0.25) is 0 Å². The van der Waals surface area contributed by atoms with Gasteiger partial charge in [0.25, 0.3) is 0 Å². The summed E-state index contributed by atoms with van der Waals surface area (Å²) in [7, 11) is 0. The fraction of sp³-hybridized carbons (Fsp3) is 0.636. The lowest BCUT2D eigenvalue weighted by Crippen LogP contribution is -1.99. The Kier molecular flexibility index (Phi) is 0.920. The van der Waals surface area contributed by atoms with E-state index in [1.54, 1.807) is 5.56 Å². The molecule has 64 valence electrons. The van der Waals surface area contributed by atoms with E-state index in [2.05, 4.69) is 32.0 Å². The second-order valence-electron chi connectivity index (χ2n) is 4.97. The van der Waals surface area contributed by atoms with Gasteiger partial charge in [-0.1, -0.05) is 13.8 Å². The Morgan fingerprint density at radius 2 is 2.25 bits per heavy atom. The number of rotatable bonds is 0. The molecule has 0 aromatic carbocycles. The number of aryl methyl sites for hydroxylation is 1. The number of hydrogen-bond donors (Lipinski definition) is 1. The van der Waals surface area contributed by atoms with Gasteiger partial charge in [0.1, 0.15) is 0 Å². The zero-order valence-electron chi connectivity index (χ0n) is 7.94. The Bertz CT molecular complexity index is 346. The van der Waals surface area contributed by atoms with Crippen molar-refractivity contribution in [3.8, 4) is 0 Å². The summed E-state index contributed by atoms with van der Waals surface area (Å²) in [4.78, 5) is 3.38. The maximum atomic E-state index is 3.38. The lowest BCUT2D eigenvalue weighted by atomic mass is 9.98. The minimum Gasteiger partial charge on any atom is -0.364 e. The van der Waals surface area contributed by atoms with Crippen LogP contribution in [0.3, 0.4) is 0 Å². The minimum absolute atomic E-state index is 0.597. The highest BCUT2D eigenvalue weighted by atomic mass is 14.8. The molecule has 0 unspecified atom stereocenters. The van der Waals surface area contributed by atoms with Gasteiger partial charge in [-0.25, -0.2) is 0 Å². The molecule has 1 aromatic rings. The van der Waals surface area contributed by atoms with Crippen molar-refractivity contribution < 1.29 is 0 Å². The number of H-pyrrole nitrogens is 1. The average Bonchev–Trinajstić information content (AvgIpc) is 2.41. The highest BCUT2D eigenvalue weighted by molar-refractivity contribution is 5.47. The Balaban J connectivity index is 2.14. The highest BCUT2D eigenvalue weighted by Crippen LogP contribution is 2.70. The number of fused-ring (bicyclic) bond motifs is 3. The molecule has 3 rings (SSSR count). The van der Waals surface area contributed by atoms with Crippen LogP contribution in [0.25, 0.3) is 0 Å². The van der Waals surface area contributed by atoms with Crippen LogP contribution in [0.4, 0.5) is 0 Å². The molecule has 0 bridgehead atoms. The molecule has 1 heteroatoms. The first-order chi connectivity index (χ1) is 5.62. The fourth-order valence-corrected chi connectivity index (χ4v) is 3.11. The molecule has 1 aromatic heterocycles. The largest absolute Gasteiger partial charge is 0.364 e. The maximum absolute atomic E-state index is 3.38. The molecule has 1 fully saturated rings. The Hall–Kier alpha value is -0.720. The van der Waals surface area contributed by atoms with Gasteiger partial charge in [0.05, 0.1) is 0 Å². The molecule has 0 aliphatic heterocycles. The summed E-state index contributed by atoms with van der Waals surface area (Å²) in [6, 6.07) is 0. The Morgan fingerprint density at radius 1 is 1.50 bits per heavy atom. The summed E-state index contributed by atoms with van der Waals surface area (Å²) in [5, 5.41) is 0. The van der Waals surface area contributed by atoms with Crippen LogP contribution in [0, 0.1) is 18.3 Å². The highest BCUT2D eigenvalue weighted by Gasteiger charge is 2.62. The summed E-state index contributed by atoms with van der Waals surface area (Å²) in [5.74, 6) is 1.82. The van der Waals surface area contributed by atoms with Gasteiger partial charge in [-0.05, 0) is 41.7 Å².